The van der Waals surface area contributed by atoms with E-state index >= 15 is 0 Å². The van der Waals surface area contributed by atoms with Crippen LogP contribution in [0.1, 0.15) is 24.2 Å². The Morgan fingerprint density at radius 1 is 1.40 bits per heavy atom. The standard InChI is InChI=1S/C13H15FN2O4/c1-3-15-13(19)16-12(18)8(2)20-11-5-9(7-17)4-10(14)6-11/h4-8H,3H2,1-2H3,(H2,15,16,18,19). The molecule has 2 N–H and O–H groups in total. The van der Waals surface area contributed by atoms with E-state index in [4.69, 9.17) is 4.74 Å². The molecule has 3 amide bonds. The Balaban J connectivity index is 2.67. The summed E-state index contributed by atoms with van der Waals surface area (Å²) in [7, 11) is 0. The van der Waals surface area contributed by atoms with Gasteiger partial charge in [0, 0.05) is 18.2 Å². The molecule has 0 aliphatic heterocycles. The second-order valence-corrected chi connectivity index (χ2v) is 3.95. The number of ether oxygens (including phenoxy) is 1. The van der Waals surface area contributed by atoms with E-state index in [1.807, 2.05) is 0 Å². The summed E-state index contributed by atoms with van der Waals surface area (Å²) in [6.45, 7) is 3.48. The zero-order valence-electron chi connectivity index (χ0n) is 11.1. The topological polar surface area (TPSA) is 84.5 Å². The van der Waals surface area contributed by atoms with Crippen LogP contribution in [-0.4, -0.2) is 30.9 Å². The van der Waals surface area contributed by atoms with Crippen LogP contribution >= 0.6 is 0 Å². The van der Waals surface area contributed by atoms with Crippen molar-refractivity contribution in [3.05, 3.63) is 29.6 Å². The zero-order valence-corrected chi connectivity index (χ0v) is 11.1. The molecule has 0 fully saturated rings. The first kappa shape index (κ1) is 15.6. The van der Waals surface area contributed by atoms with E-state index in [0.717, 1.165) is 12.1 Å². The molecule has 0 aliphatic carbocycles. The molecule has 0 saturated carbocycles. The highest BCUT2D eigenvalue weighted by atomic mass is 19.1. The van der Waals surface area contributed by atoms with Crippen LogP contribution in [0.15, 0.2) is 18.2 Å². The Morgan fingerprint density at radius 3 is 2.70 bits per heavy atom. The van der Waals surface area contributed by atoms with E-state index in [-0.39, 0.29) is 11.3 Å². The molecule has 6 nitrogen and oxygen atoms in total. The second kappa shape index (κ2) is 7.22. The minimum Gasteiger partial charge on any atom is -0.481 e. The van der Waals surface area contributed by atoms with Crippen LogP contribution in [-0.2, 0) is 4.79 Å². The van der Waals surface area contributed by atoms with Gasteiger partial charge in [0.25, 0.3) is 5.91 Å². The van der Waals surface area contributed by atoms with Gasteiger partial charge in [-0.15, -0.1) is 0 Å². The second-order valence-electron chi connectivity index (χ2n) is 3.95. The third-order valence-corrected chi connectivity index (χ3v) is 2.29. The summed E-state index contributed by atoms with van der Waals surface area (Å²) >= 11 is 0. The molecule has 0 aliphatic rings. The molecule has 1 aromatic carbocycles. The molecule has 0 saturated heterocycles. The summed E-state index contributed by atoms with van der Waals surface area (Å²) in [6, 6.07) is 2.74. The van der Waals surface area contributed by atoms with E-state index in [1.165, 1.54) is 13.0 Å². The van der Waals surface area contributed by atoms with Crippen LogP contribution in [0.2, 0.25) is 0 Å². The number of aldehydes is 1. The van der Waals surface area contributed by atoms with Gasteiger partial charge in [0.05, 0.1) is 0 Å². The number of urea groups is 1. The third kappa shape index (κ3) is 4.68. The third-order valence-electron chi connectivity index (χ3n) is 2.29. The van der Waals surface area contributed by atoms with Gasteiger partial charge in [-0.05, 0) is 26.0 Å². The summed E-state index contributed by atoms with van der Waals surface area (Å²) in [6.07, 6.45) is -0.547. The Bertz CT molecular complexity index is 519. The van der Waals surface area contributed by atoms with Crippen molar-refractivity contribution in [2.45, 2.75) is 20.0 Å². The molecule has 0 heterocycles. The first-order valence-corrected chi connectivity index (χ1v) is 5.97. The largest absolute Gasteiger partial charge is 0.481 e. The summed E-state index contributed by atoms with van der Waals surface area (Å²) in [5, 5.41) is 4.46. The molecule has 108 valence electrons. The monoisotopic (exact) mass is 282 g/mol. The van der Waals surface area contributed by atoms with Crippen molar-refractivity contribution < 1.29 is 23.5 Å². The quantitative estimate of drug-likeness (QED) is 0.796. The number of amides is 3. The fraction of sp³-hybridized carbons (Fsp3) is 0.308. The van der Waals surface area contributed by atoms with E-state index in [1.54, 1.807) is 6.92 Å². The Labute approximate surface area is 115 Å². The SMILES string of the molecule is CCNC(=O)NC(=O)C(C)Oc1cc(F)cc(C=O)c1. The fourth-order valence-corrected chi connectivity index (χ4v) is 1.40. The van der Waals surface area contributed by atoms with Gasteiger partial charge in [-0.1, -0.05) is 0 Å². The normalized spacial score (nSPS) is 11.3. The average molecular weight is 282 g/mol. The average Bonchev–Trinajstić information content (AvgIpc) is 2.37. The highest BCUT2D eigenvalue weighted by Gasteiger charge is 2.17. The molecule has 1 unspecified atom stereocenters. The van der Waals surface area contributed by atoms with Crippen molar-refractivity contribution >= 4 is 18.2 Å². The number of carbonyl (C=O) groups is 3. The molecule has 7 heteroatoms. The highest BCUT2D eigenvalue weighted by molar-refractivity contribution is 5.96. The predicted octanol–water partition coefficient (Wildman–Crippen LogP) is 1.25. The fourth-order valence-electron chi connectivity index (χ4n) is 1.40. The molecule has 1 aromatic rings. The Kier molecular flexibility index (Phi) is 5.64. The Morgan fingerprint density at radius 2 is 2.10 bits per heavy atom. The first-order chi connectivity index (χ1) is 9.46. The van der Waals surface area contributed by atoms with E-state index in [2.05, 4.69) is 10.6 Å². The van der Waals surface area contributed by atoms with E-state index in [0.29, 0.717) is 12.8 Å². The van der Waals surface area contributed by atoms with Gasteiger partial charge in [-0.3, -0.25) is 14.9 Å². The molecular weight excluding hydrogens is 267 g/mol. The minimum absolute atomic E-state index is 0.0330. The molecule has 0 radical (unpaired) electrons. The van der Waals surface area contributed by atoms with Crippen molar-refractivity contribution in [3.63, 3.8) is 0 Å². The van der Waals surface area contributed by atoms with Crippen LogP contribution in [0, 0.1) is 5.82 Å². The summed E-state index contributed by atoms with van der Waals surface area (Å²) < 4.78 is 18.4. The molecule has 0 aromatic heterocycles. The van der Waals surface area contributed by atoms with Crippen LogP contribution in [0.3, 0.4) is 0 Å². The van der Waals surface area contributed by atoms with Gasteiger partial charge in [-0.25, -0.2) is 9.18 Å². The number of hydrogen-bond acceptors (Lipinski definition) is 4. The maximum absolute atomic E-state index is 13.2. The predicted molar refractivity (Wildman–Crippen MR) is 69.1 cm³/mol. The molecule has 0 spiro atoms. The number of carbonyl (C=O) groups excluding carboxylic acids is 3. The van der Waals surface area contributed by atoms with Crippen LogP contribution in [0.25, 0.3) is 0 Å². The maximum atomic E-state index is 13.2. The smallest absolute Gasteiger partial charge is 0.321 e. The molecular formula is C13H15FN2O4. The number of rotatable bonds is 5. The maximum Gasteiger partial charge on any atom is 0.321 e. The van der Waals surface area contributed by atoms with Crippen molar-refractivity contribution in [3.8, 4) is 5.75 Å². The van der Waals surface area contributed by atoms with Gasteiger partial charge < -0.3 is 10.1 Å². The summed E-state index contributed by atoms with van der Waals surface area (Å²) in [4.78, 5) is 33.4. The minimum atomic E-state index is -1.01. The first-order valence-electron chi connectivity index (χ1n) is 5.97. The van der Waals surface area contributed by atoms with E-state index in [9.17, 15) is 18.8 Å². The van der Waals surface area contributed by atoms with Crippen LogP contribution < -0.4 is 15.4 Å². The van der Waals surface area contributed by atoms with Gasteiger partial charge in [-0.2, -0.15) is 0 Å². The lowest BCUT2D eigenvalue weighted by Crippen LogP contribution is -2.45. The van der Waals surface area contributed by atoms with Crippen molar-refractivity contribution in [1.82, 2.24) is 10.6 Å². The lowest BCUT2D eigenvalue weighted by Gasteiger charge is -2.14. The van der Waals surface area contributed by atoms with Crippen LogP contribution in [0.4, 0.5) is 9.18 Å². The number of benzene rings is 1. The molecule has 1 rings (SSSR count). The van der Waals surface area contributed by atoms with Crippen molar-refractivity contribution in [2.24, 2.45) is 0 Å². The molecule has 1 atom stereocenters. The van der Waals surface area contributed by atoms with E-state index < -0.39 is 23.9 Å². The Hall–Kier alpha value is -2.44. The van der Waals surface area contributed by atoms with Crippen LogP contribution in [0.5, 0.6) is 5.75 Å². The van der Waals surface area contributed by atoms with Gasteiger partial charge in [0.15, 0.2) is 6.10 Å². The summed E-state index contributed by atoms with van der Waals surface area (Å²) in [5.74, 6) is -1.29. The highest BCUT2D eigenvalue weighted by Crippen LogP contribution is 2.16. The number of nitrogens with one attached hydrogen (secondary N) is 2. The number of hydrogen-bond donors (Lipinski definition) is 2. The van der Waals surface area contributed by atoms with Gasteiger partial charge >= 0.3 is 6.03 Å². The number of halogens is 1. The number of imide groups is 1. The van der Waals surface area contributed by atoms with Gasteiger partial charge in [0.1, 0.15) is 17.9 Å². The lowest BCUT2D eigenvalue weighted by molar-refractivity contribution is -0.126. The van der Waals surface area contributed by atoms with Gasteiger partial charge in [0.2, 0.25) is 0 Å². The molecule has 0 bridgehead atoms. The van der Waals surface area contributed by atoms with Crippen molar-refractivity contribution in [1.29, 1.82) is 0 Å². The zero-order chi connectivity index (χ0) is 15.1. The molecule has 20 heavy (non-hydrogen) atoms. The summed E-state index contributed by atoms with van der Waals surface area (Å²) in [5.41, 5.74) is 0.0938. The lowest BCUT2D eigenvalue weighted by atomic mass is 10.2. The van der Waals surface area contributed by atoms with Crippen molar-refractivity contribution in [2.75, 3.05) is 6.54 Å².